The average Bonchev–Trinajstić information content (AvgIpc) is 3.33. The minimum atomic E-state index is -2.61. The van der Waals surface area contributed by atoms with Gasteiger partial charge in [-0.15, -0.1) is 0 Å². The van der Waals surface area contributed by atoms with Crippen LogP contribution < -0.4 is 9.47 Å². The topological polar surface area (TPSA) is 20.3 Å². The van der Waals surface area contributed by atoms with Crippen molar-refractivity contribution in [3.05, 3.63) is 120 Å². The predicted octanol–water partition coefficient (Wildman–Crippen LogP) is 8.47. The molecule has 6 aromatic rings. The molecule has 2 aromatic heterocycles. The Morgan fingerprint density at radius 3 is 2.03 bits per heavy atom. The van der Waals surface area contributed by atoms with E-state index in [1.165, 1.54) is 12.3 Å². The largest absolute Gasteiger partial charge is 0.453 e. The van der Waals surface area contributed by atoms with E-state index in [1.807, 2.05) is 97.9 Å². The normalized spacial score (nSPS) is 14.5. The maximum absolute atomic E-state index is 8.11. The molecule has 0 spiro atoms. The number of rotatable bonds is 4. The van der Waals surface area contributed by atoms with Gasteiger partial charge in [-0.2, -0.15) is 0 Å². The molecule has 2 heterocycles. The first-order chi connectivity index (χ1) is 19.9. The predicted molar refractivity (Wildman–Crippen MR) is 149 cm³/mol. The van der Waals surface area contributed by atoms with Crippen molar-refractivity contribution < 1.29 is 17.2 Å². The molecule has 6 rings (SSSR count). The van der Waals surface area contributed by atoms with E-state index < -0.39 is 13.7 Å². The molecular formula is C33H29N2O+. The summed E-state index contributed by atoms with van der Waals surface area (Å²) in [7, 11) is 1.73. The van der Waals surface area contributed by atoms with Gasteiger partial charge in [0, 0.05) is 42.0 Å². The Balaban J connectivity index is 1.65. The van der Waals surface area contributed by atoms with Crippen molar-refractivity contribution in [2.24, 2.45) is 7.05 Å². The highest BCUT2D eigenvalue weighted by Crippen LogP contribution is 2.44. The van der Waals surface area contributed by atoms with Crippen molar-refractivity contribution in [2.75, 3.05) is 4.90 Å². The van der Waals surface area contributed by atoms with E-state index in [-0.39, 0.29) is 11.1 Å². The first-order valence-corrected chi connectivity index (χ1v) is 11.9. The van der Waals surface area contributed by atoms with Crippen molar-refractivity contribution in [3.63, 3.8) is 0 Å². The highest BCUT2D eigenvalue weighted by Gasteiger charge is 2.24. The van der Waals surface area contributed by atoms with Crippen LogP contribution in [0.25, 0.3) is 33.2 Å². The van der Waals surface area contributed by atoms with Gasteiger partial charge < -0.3 is 9.32 Å². The number of hydrogen-bond donors (Lipinski definition) is 0. The molecule has 0 atom stereocenters. The fourth-order valence-electron chi connectivity index (χ4n) is 4.92. The SMILES string of the molecule is [2H]C([2H])([2H])c1cc(-c2c(C)ccc3c2oc2c(N(c4ccccc4)c4ccccc4)cccc23)[n+](C)cc1C([2H])([2H])[2H]. The third kappa shape index (κ3) is 3.56. The number of nitrogens with zero attached hydrogens (tertiary/aromatic N) is 2. The Hall–Kier alpha value is -4.37. The second kappa shape index (κ2) is 8.69. The summed E-state index contributed by atoms with van der Waals surface area (Å²) in [5.74, 6) is 0. The fourth-order valence-corrected chi connectivity index (χ4v) is 4.92. The summed E-state index contributed by atoms with van der Waals surface area (Å²) >= 11 is 0. The van der Waals surface area contributed by atoms with Gasteiger partial charge >= 0.3 is 0 Å². The third-order valence-corrected chi connectivity index (χ3v) is 6.65. The molecule has 0 N–H and O–H groups in total. The highest BCUT2D eigenvalue weighted by atomic mass is 16.3. The maximum atomic E-state index is 8.11. The molecule has 0 amide bonds. The van der Waals surface area contributed by atoms with Crippen LogP contribution >= 0.6 is 0 Å². The Morgan fingerprint density at radius 2 is 1.36 bits per heavy atom. The zero-order valence-electron chi connectivity index (χ0n) is 26.1. The number of fused-ring (bicyclic) bond motifs is 3. The zero-order chi connectivity index (χ0) is 29.8. The lowest BCUT2D eigenvalue weighted by molar-refractivity contribution is -0.660. The third-order valence-electron chi connectivity index (χ3n) is 6.65. The molecule has 4 aromatic carbocycles. The summed E-state index contributed by atoms with van der Waals surface area (Å²) < 4.78 is 56.6. The van der Waals surface area contributed by atoms with Gasteiger partial charge in [0.2, 0.25) is 5.69 Å². The summed E-state index contributed by atoms with van der Waals surface area (Å²) in [5.41, 5.74) is 5.86. The van der Waals surface area contributed by atoms with Crippen molar-refractivity contribution in [2.45, 2.75) is 20.6 Å². The zero-order valence-corrected chi connectivity index (χ0v) is 20.1. The van der Waals surface area contributed by atoms with Gasteiger partial charge in [0.05, 0.1) is 11.3 Å². The van der Waals surface area contributed by atoms with Crippen LogP contribution in [0.4, 0.5) is 17.1 Å². The van der Waals surface area contributed by atoms with Crippen LogP contribution in [0, 0.1) is 20.6 Å². The molecule has 36 heavy (non-hydrogen) atoms. The lowest BCUT2D eigenvalue weighted by atomic mass is 9.99. The summed E-state index contributed by atoms with van der Waals surface area (Å²) in [4.78, 5) is 2.15. The first kappa shape index (κ1) is 16.3. The van der Waals surface area contributed by atoms with Gasteiger partial charge in [-0.25, -0.2) is 4.57 Å². The molecule has 0 aliphatic heterocycles. The summed E-state index contributed by atoms with van der Waals surface area (Å²) in [6, 6.07) is 31.7. The molecule has 0 aliphatic rings. The second-order valence-electron chi connectivity index (χ2n) is 8.99. The smallest absolute Gasteiger partial charge is 0.216 e. The van der Waals surface area contributed by atoms with Crippen LogP contribution in [0.15, 0.2) is 108 Å². The van der Waals surface area contributed by atoms with E-state index >= 15 is 0 Å². The molecule has 0 fully saturated rings. The van der Waals surface area contributed by atoms with E-state index in [9.17, 15) is 0 Å². The van der Waals surface area contributed by atoms with Crippen molar-refractivity contribution in [1.29, 1.82) is 0 Å². The molecular weight excluding hydrogens is 440 g/mol. The lowest BCUT2D eigenvalue weighted by Gasteiger charge is -2.25. The van der Waals surface area contributed by atoms with Crippen molar-refractivity contribution >= 4 is 39.0 Å². The van der Waals surface area contributed by atoms with Crippen LogP contribution in [0.1, 0.15) is 24.9 Å². The Labute approximate surface area is 220 Å². The summed E-state index contributed by atoms with van der Waals surface area (Å²) in [6.45, 7) is -3.25. The number of furan rings is 1. The molecule has 0 radical (unpaired) electrons. The first-order valence-electron chi connectivity index (χ1n) is 14.9. The van der Waals surface area contributed by atoms with Crippen molar-refractivity contribution in [3.8, 4) is 11.3 Å². The van der Waals surface area contributed by atoms with Crippen LogP contribution in [0.5, 0.6) is 0 Å². The van der Waals surface area contributed by atoms with Gasteiger partial charge in [0.1, 0.15) is 12.6 Å². The van der Waals surface area contributed by atoms with Crippen LogP contribution in [0.2, 0.25) is 0 Å². The van der Waals surface area contributed by atoms with E-state index in [0.717, 1.165) is 33.4 Å². The van der Waals surface area contributed by atoms with Crippen LogP contribution in [-0.4, -0.2) is 0 Å². The van der Waals surface area contributed by atoms with Crippen LogP contribution in [-0.2, 0) is 7.05 Å². The van der Waals surface area contributed by atoms with E-state index in [1.54, 1.807) is 11.6 Å². The minimum Gasteiger partial charge on any atom is -0.453 e. The summed E-state index contributed by atoms with van der Waals surface area (Å²) in [5, 5.41) is 1.79. The number of para-hydroxylation sites is 3. The fraction of sp³-hybridized carbons (Fsp3) is 0.121. The molecule has 0 saturated carbocycles. The molecule has 3 heteroatoms. The lowest BCUT2D eigenvalue weighted by Crippen LogP contribution is -2.31. The number of anilines is 3. The van der Waals surface area contributed by atoms with E-state index in [4.69, 9.17) is 12.6 Å². The molecule has 0 unspecified atom stereocenters. The van der Waals surface area contributed by atoms with Gasteiger partial charge in [0.25, 0.3) is 0 Å². The highest BCUT2D eigenvalue weighted by molar-refractivity contribution is 6.13. The number of pyridine rings is 1. The van der Waals surface area contributed by atoms with Gasteiger partial charge in [-0.1, -0.05) is 60.7 Å². The Morgan fingerprint density at radius 1 is 0.694 bits per heavy atom. The van der Waals surface area contributed by atoms with Gasteiger partial charge in [-0.3, -0.25) is 0 Å². The summed E-state index contributed by atoms with van der Waals surface area (Å²) in [6.07, 6.45) is 1.41. The van der Waals surface area contributed by atoms with Gasteiger partial charge in [-0.05, 0) is 62.1 Å². The molecule has 3 nitrogen and oxygen atoms in total. The molecule has 176 valence electrons. The monoisotopic (exact) mass is 475 g/mol. The Bertz CT molecular complexity index is 1890. The number of aromatic nitrogens is 1. The van der Waals surface area contributed by atoms with Crippen molar-refractivity contribution in [1.82, 2.24) is 0 Å². The molecule has 0 bridgehead atoms. The van der Waals surface area contributed by atoms with Crippen LogP contribution in [0.3, 0.4) is 0 Å². The minimum absolute atomic E-state index is 0.188. The Kier molecular flexibility index (Phi) is 3.94. The quantitative estimate of drug-likeness (QED) is 0.238. The van der Waals surface area contributed by atoms with Gasteiger partial charge in [0.15, 0.2) is 11.8 Å². The maximum Gasteiger partial charge on any atom is 0.216 e. The standard InChI is InChI=1S/C33H29N2O/c1-22-18-19-28-27-16-11-17-29(35(25-12-7-5-8-13-25)26-14-9-6-10-15-26)32(27)36-33(28)31(22)30-20-23(2)24(3)21-34(30)4/h5-21H,1-4H3/q+1/i2D3,3D3. The second-order valence-corrected chi connectivity index (χ2v) is 8.99. The number of benzene rings is 4. The number of hydrogen-bond acceptors (Lipinski definition) is 2. The molecule has 0 saturated heterocycles. The number of aryl methyl sites for hydroxylation is 4. The van der Waals surface area contributed by atoms with E-state index in [0.29, 0.717) is 22.4 Å². The van der Waals surface area contributed by atoms with E-state index in [2.05, 4.69) is 4.90 Å². The molecule has 0 aliphatic carbocycles. The average molecular weight is 476 g/mol.